The molecule has 0 aliphatic carbocycles. The maximum atomic E-state index is 12.5. The van der Waals surface area contributed by atoms with Crippen LogP contribution in [0.4, 0.5) is 13.2 Å². The standard InChI is InChI=1S/C14H21F3N2O4/c1-7(2)10(18-13(23)14(15,16)17)11(20)19-5-8(3)4-9(6-19)12(21)22/h7-10H,4-6H2,1-3H3,(H,18,23)(H,21,22)/t8?,9?,10-/m0/s1. The molecule has 0 radical (unpaired) electrons. The van der Waals surface area contributed by atoms with Gasteiger partial charge in [-0.05, 0) is 18.3 Å². The van der Waals surface area contributed by atoms with Crippen LogP contribution in [0, 0.1) is 17.8 Å². The van der Waals surface area contributed by atoms with Gasteiger partial charge in [-0.3, -0.25) is 14.4 Å². The molecule has 0 aromatic rings. The molecule has 2 N–H and O–H groups in total. The second-order valence-corrected chi connectivity index (χ2v) is 6.31. The monoisotopic (exact) mass is 338 g/mol. The van der Waals surface area contributed by atoms with Crippen LogP contribution in [0.15, 0.2) is 0 Å². The number of carbonyl (C=O) groups is 3. The van der Waals surface area contributed by atoms with Crippen molar-refractivity contribution >= 4 is 17.8 Å². The van der Waals surface area contributed by atoms with Gasteiger partial charge in [-0.15, -0.1) is 0 Å². The van der Waals surface area contributed by atoms with Crippen LogP contribution in [0.25, 0.3) is 0 Å². The van der Waals surface area contributed by atoms with E-state index < -0.39 is 41.8 Å². The summed E-state index contributed by atoms with van der Waals surface area (Å²) in [6, 6.07) is -1.34. The highest BCUT2D eigenvalue weighted by Crippen LogP contribution is 2.24. The summed E-state index contributed by atoms with van der Waals surface area (Å²) in [6.45, 7) is 4.99. The second kappa shape index (κ2) is 7.18. The lowest BCUT2D eigenvalue weighted by Crippen LogP contribution is -2.57. The summed E-state index contributed by atoms with van der Waals surface area (Å²) in [5, 5.41) is 10.8. The number of carboxylic acid groups (broad SMARTS) is 1. The smallest absolute Gasteiger partial charge is 0.471 e. The quantitative estimate of drug-likeness (QED) is 0.808. The van der Waals surface area contributed by atoms with E-state index in [0.29, 0.717) is 6.42 Å². The van der Waals surface area contributed by atoms with Gasteiger partial charge in [-0.1, -0.05) is 20.8 Å². The normalized spacial score (nSPS) is 23.5. The van der Waals surface area contributed by atoms with Crippen molar-refractivity contribution in [1.29, 1.82) is 0 Å². The molecule has 23 heavy (non-hydrogen) atoms. The summed E-state index contributed by atoms with van der Waals surface area (Å²) in [4.78, 5) is 35.9. The Morgan fingerprint density at radius 1 is 1.22 bits per heavy atom. The first-order chi connectivity index (χ1) is 10.4. The molecule has 0 saturated carbocycles. The Morgan fingerprint density at radius 3 is 2.22 bits per heavy atom. The molecule has 1 fully saturated rings. The number of hydrogen-bond acceptors (Lipinski definition) is 3. The average Bonchev–Trinajstić information content (AvgIpc) is 2.41. The highest BCUT2D eigenvalue weighted by molar-refractivity contribution is 5.90. The summed E-state index contributed by atoms with van der Waals surface area (Å²) in [6.07, 6.45) is -4.67. The van der Waals surface area contributed by atoms with Gasteiger partial charge in [0.05, 0.1) is 5.92 Å². The van der Waals surface area contributed by atoms with E-state index in [9.17, 15) is 27.6 Å². The molecule has 0 bridgehead atoms. The van der Waals surface area contributed by atoms with Gasteiger partial charge in [0.1, 0.15) is 6.04 Å². The van der Waals surface area contributed by atoms with Crippen LogP contribution in [0.5, 0.6) is 0 Å². The van der Waals surface area contributed by atoms with Gasteiger partial charge in [0.2, 0.25) is 5.91 Å². The first-order valence-corrected chi connectivity index (χ1v) is 7.32. The highest BCUT2D eigenvalue weighted by Gasteiger charge is 2.43. The minimum atomic E-state index is -5.08. The Balaban J connectivity index is 2.88. The molecule has 0 aromatic heterocycles. The fourth-order valence-electron chi connectivity index (χ4n) is 2.64. The van der Waals surface area contributed by atoms with Gasteiger partial charge in [-0.2, -0.15) is 13.2 Å². The van der Waals surface area contributed by atoms with Gasteiger partial charge >= 0.3 is 18.1 Å². The topological polar surface area (TPSA) is 86.7 Å². The van der Waals surface area contributed by atoms with Crippen molar-refractivity contribution in [3.8, 4) is 0 Å². The van der Waals surface area contributed by atoms with E-state index in [1.807, 2.05) is 0 Å². The lowest BCUT2D eigenvalue weighted by Gasteiger charge is -2.37. The van der Waals surface area contributed by atoms with Crippen LogP contribution in [0.3, 0.4) is 0 Å². The molecule has 2 unspecified atom stereocenters. The lowest BCUT2D eigenvalue weighted by atomic mass is 9.89. The highest BCUT2D eigenvalue weighted by atomic mass is 19.4. The SMILES string of the molecule is CC1CC(C(=O)O)CN(C(=O)[C@@H](NC(=O)C(F)(F)F)C(C)C)C1. The van der Waals surface area contributed by atoms with E-state index in [4.69, 9.17) is 5.11 Å². The zero-order chi connectivity index (χ0) is 17.9. The van der Waals surface area contributed by atoms with Gasteiger partial charge in [0.25, 0.3) is 0 Å². The van der Waals surface area contributed by atoms with Crippen molar-refractivity contribution in [2.75, 3.05) is 13.1 Å². The number of amides is 2. The van der Waals surface area contributed by atoms with Crippen molar-refractivity contribution < 1.29 is 32.7 Å². The predicted octanol–water partition coefficient (Wildman–Crippen LogP) is 1.26. The van der Waals surface area contributed by atoms with Crippen LogP contribution in [0.2, 0.25) is 0 Å². The van der Waals surface area contributed by atoms with E-state index in [-0.39, 0.29) is 19.0 Å². The van der Waals surface area contributed by atoms with Gasteiger partial charge in [0.15, 0.2) is 0 Å². The van der Waals surface area contributed by atoms with Crippen LogP contribution < -0.4 is 5.32 Å². The van der Waals surface area contributed by atoms with E-state index in [1.165, 1.54) is 18.7 Å². The molecule has 132 valence electrons. The number of alkyl halides is 3. The summed E-state index contributed by atoms with van der Waals surface area (Å²) in [5.74, 6) is -5.31. The molecule has 0 aromatic carbocycles. The molecule has 3 atom stereocenters. The van der Waals surface area contributed by atoms with Crippen LogP contribution >= 0.6 is 0 Å². The third-order valence-electron chi connectivity index (χ3n) is 3.80. The maximum Gasteiger partial charge on any atom is 0.471 e. The van der Waals surface area contributed by atoms with E-state index >= 15 is 0 Å². The summed E-state index contributed by atoms with van der Waals surface area (Å²) < 4.78 is 37.2. The number of piperidine rings is 1. The van der Waals surface area contributed by atoms with E-state index in [0.717, 1.165) is 0 Å². The largest absolute Gasteiger partial charge is 0.481 e. The zero-order valence-corrected chi connectivity index (χ0v) is 13.2. The van der Waals surface area contributed by atoms with Crippen molar-refractivity contribution in [2.45, 2.75) is 39.4 Å². The Kier molecular flexibility index (Phi) is 6.01. The summed E-state index contributed by atoms with van der Waals surface area (Å²) >= 11 is 0. The minimum Gasteiger partial charge on any atom is -0.481 e. The number of rotatable bonds is 4. The van der Waals surface area contributed by atoms with E-state index in [1.54, 1.807) is 12.2 Å². The molecule has 1 heterocycles. The van der Waals surface area contributed by atoms with Gasteiger partial charge in [0, 0.05) is 13.1 Å². The fourth-order valence-corrected chi connectivity index (χ4v) is 2.64. The molecule has 1 saturated heterocycles. The van der Waals surface area contributed by atoms with E-state index in [2.05, 4.69) is 0 Å². The first-order valence-electron chi connectivity index (χ1n) is 7.32. The third kappa shape index (κ3) is 5.11. The second-order valence-electron chi connectivity index (χ2n) is 6.31. The molecule has 2 amide bonds. The number of likely N-dealkylation sites (tertiary alicyclic amines) is 1. The molecule has 1 aliphatic heterocycles. The van der Waals surface area contributed by atoms with Crippen molar-refractivity contribution in [3.63, 3.8) is 0 Å². The number of aliphatic carboxylic acids is 1. The van der Waals surface area contributed by atoms with Crippen molar-refractivity contribution in [2.24, 2.45) is 17.8 Å². The molecular formula is C14H21F3N2O4. The van der Waals surface area contributed by atoms with Gasteiger partial charge < -0.3 is 15.3 Å². The fraction of sp³-hybridized carbons (Fsp3) is 0.786. The van der Waals surface area contributed by atoms with Gasteiger partial charge in [-0.25, -0.2) is 0 Å². The first kappa shape index (κ1) is 19.2. The summed E-state index contributed by atoms with van der Waals surface area (Å²) in [5.41, 5.74) is 0. The van der Waals surface area contributed by atoms with Crippen LogP contribution in [-0.4, -0.2) is 53.1 Å². The third-order valence-corrected chi connectivity index (χ3v) is 3.80. The van der Waals surface area contributed by atoms with Crippen LogP contribution in [0.1, 0.15) is 27.2 Å². The Labute approximate surface area is 132 Å². The molecule has 9 heteroatoms. The number of nitrogens with one attached hydrogen (secondary N) is 1. The minimum absolute atomic E-state index is 0.0659. The average molecular weight is 338 g/mol. The Hall–Kier alpha value is -1.80. The van der Waals surface area contributed by atoms with Crippen molar-refractivity contribution in [1.82, 2.24) is 10.2 Å². The predicted molar refractivity (Wildman–Crippen MR) is 74.3 cm³/mol. The Morgan fingerprint density at radius 2 is 1.78 bits per heavy atom. The summed E-state index contributed by atoms with van der Waals surface area (Å²) in [7, 11) is 0. The molecule has 6 nitrogen and oxygen atoms in total. The number of carboxylic acids is 1. The maximum absolute atomic E-state index is 12.5. The number of nitrogens with zero attached hydrogens (tertiary/aromatic N) is 1. The molecule has 1 rings (SSSR count). The Bertz CT molecular complexity index is 479. The lowest BCUT2D eigenvalue weighted by molar-refractivity contribution is -0.175. The molecular weight excluding hydrogens is 317 g/mol. The number of hydrogen-bond donors (Lipinski definition) is 2. The number of carbonyl (C=O) groups excluding carboxylic acids is 2. The molecule has 0 spiro atoms. The molecule has 1 aliphatic rings. The van der Waals surface area contributed by atoms with Crippen LogP contribution in [-0.2, 0) is 14.4 Å². The zero-order valence-electron chi connectivity index (χ0n) is 13.2. The number of halogens is 3. The van der Waals surface area contributed by atoms with Crippen molar-refractivity contribution in [3.05, 3.63) is 0 Å².